The number of piperazine rings is 1. The lowest BCUT2D eigenvalue weighted by atomic mass is 9.74. The smallest absolute Gasteiger partial charge is 0.336 e. The van der Waals surface area contributed by atoms with Crippen LogP contribution >= 0.6 is 34.8 Å². The van der Waals surface area contributed by atoms with E-state index in [4.69, 9.17) is 44.3 Å². The Morgan fingerprint density at radius 3 is 2.14 bits per heavy atom. The number of amides is 1. The van der Waals surface area contributed by atoms with E-state index in [2.05, 4.69) is 9.89 Å². The first-order valence-electron chi connectivity index (χ1n) is 13.1. The quantitative estimate of drug-likeness (QED) is 0.389. The predicted octanol–water partition coefficient (Wildman–Crippen LogP) is 4.37. The van der Waals surface area contributed by atoms with E-state index < -0.39 is 34.6 Å². The Hall–Kier alpha value is -2.76. The first-order chi connectivity index (χ1) is 20.1. The molecule has 0 spiro atoms. The summed E-state index contributed by atoms with van der Waals surface area (Å²) in [5.41, 5.74) is 0.421. The molecule has 1 fully saturated rings. The molecule has 3 unspecified atom stereocenters. The summed E-state index contributed by atoms with van der Waals surface area (Å²) >= 11 is 19.6. The molecule has 1 amide bonds. The van der Waals surface area contributed by atoms with Crippen LogP contribution in [0, 0.1) is 5.92 Å². The molecule has 0 aliphatic carbocycles. The molecule has 2 aromatic carbocycles. The number of likely N-dealkylation sites (N-methyl/N-ethyl adjacent to an activating group) is 1. The third-order valence-corrected chi connectivity index (χ3v) is 9.79. The van der Waals surface area contributed by atoms with Gasteiger partial charge in [0.05, 0.1) is 58.4 Å². The topological polar surface area (TPSA) is 106 Å². The maximum atomic E-state index is 13.6. The largest absolute Gasteiger partial charge is 0.468 e. The Bertz CT molecular complexity index is 1450. The minimum absolute atomic E-state index is 0.0564. The van der Waals surface area contributed by atoms with Crippen LogP contribution in [0.4, 0.5) is 0 Å². The molecule has 42 heavy (non-hydrogen) atoms. The van der Waals surface area contributed by atoms with Gasteiger partial charge in [0.2, 0.25) is 5.91 Å². The van der Waals surface area contributed by atoms with E-state index in [-0.39, 0.29) is 55.7 Å². The SMILES string of the molecule is COC(=O)C1=C(CS(=O)c2ccccc2Cl)N=C(CC(=O)N2CCN(C)CC2)C(C(=O)OC)C1c1c(Cl)cccc1Cl. The molecule has 2 aliphatic rings. The first kappa shape index (κ1) is 32.2. The molecular weight excluding hydrogens is 625 g/mol. The summed E-state index contributed by atoms with van der Waals surface area (Å²) in [7, 11) is 2.61. The van der Waals surface area contributed by atoms with Gasteiger partial charge >= 0.3 is 11.9 Å². The number of carbonyl (C=O) groups excluding carboxylic acids is 3. The Labute approximate surface area is 261 Å². The highest BCUT2D eigenvalue weighted by molar-refractivity contribution is 7.85. The number of hydrogen-bond acceptors (Lipinski definition) is 8. The number of aliphatic imine (C=N–C) groups is 1. The van der Waals surface area contributed by atoms with Gasteiger partial charge in [0.25, 0.3) is 0 Å². The van der Waals surface area contributed by atoms with Crippen LogP contribution < -0.4 is 0 Å². The van der Waals surface area contributed by atoms with Crippen LogP contribution in [0.5, 0.6) is 0 Å². The van der Waals surface area contributed by atoms with Crippen LogP contribution in [-0.4, -0.2) is 90.8 Å². The molecule has 0 radical (unpaired) electrons. The second kappa shape index (κ2) is 14.1. The summed E-state index contributed by atoms with van der Waals surface area (Å²) in [4.78, 5) is 49.2. The second-order valence-electron chi connectivity index (χ2n) is 9.85. The highest BCUT2D eigenvalue weighted by Gasteiger charge is 2.46. The Kier molecular flexibility index (Phi) is 10.8. The van der Waals surface area contributed by atoms with E-state index in [1.807, 2.05) is 7.05 Å². The van der Waals surface area contributed by atoms with Gasteiger partial charge < -0.3 is 19.3 Å². The van der Waals surface area contributed by atoms with Gasteiger partial charge in [0.15, 0.2) is 0 Å². The molecule has 1 saturated heterocycles. The summed E-state index contributed by atoms with van der Waals surface area (Å²) in [6, 6.07) is 11.4. The van der Waals surface area contributed by atoms with Crippen molar-refractivity contribution < 1.29 is 28.1 Å². The van der Waals surface area contributed by atoms with Crippen molar-refractivity contribution in [1.82, 2.24) is 9.80 Å². The van der Waals surface area contributed by atoms with Gasteiger partial charge in [-0.3, -0.25) is 18.8 Å². The number of carbonyl (C=O) groups is 3. The molecular formula is C29H30Cl3N3O6S. The highest BCUT2D eigenvalue weighted by Crippen LogP contribution is 2.46. The minimum atomic E-state index is -1.76. The van der Waals surface area contributed by atoms with Crippen molar-refractivity contribution in [1.29, 1.82) is 0 Å². The lowest BCUT2D eigenvalue weighted by Gasteiger charge is -2.35. The van der Waals surface area contributed by atoms with Crippen LogP contribution in [0.25, 0.3) is 0 Å². The molecule has 0 saturated carbocycles. The molecule has 13 heteroatoms. The Balaban J connectivity index is 1.91. The summed E-state index contributed by atoms with van der Waals surface area (Å²) in [6.07, 6.45) is -0.237. The number of ether oxygens (including phenoxy) is 2. The molecule has 0 N–H and O–H groups in total. The number of nitrogens with zero attached hydrogens (tertiary/aromatic N) is 3. The van der Waals surface area contributed by atoms with Crippen molar-refractivity contribution >= 4 is 69.2 Å². The molecule has 3 atom stereocenters. The average molecular weight is 655 g/mol. The lowest BCUT2D eigenvalue weighted by Crippen LogP contribution is -2.48. The van der Waals surface area contributed by atoms with Crippen LogP contribution in [0.15, 0.2) is 63.6 Å². The normalized spacial score (nSPS) is 20.1. The Morgan fingerprint density at radius 2 is 1.55 bits per heavy atom. The summed E-state index contributed by atoms with van der Waals surface area (Å²) in [5, 5.41) is 0.640. The molecule has 2 aliphatic heterocycles. The molecule has 9 nitrogen and oxygen atoms in total. The number of halogens is 3. The van der Waals surface area contributed by atoms with E-state index in [0.717, 1.165) is 0 Å². The van der Waals surface area contributed by atoms with E-state index in [1.54, 1.807) is 47.4 Å². The Morgan fingerprint density at radius 1 is 0.929 bits per heavy atom. The van der Waals surface area contributed by atoms with Gasteiger partial charge in [-0.05, 0) is 36.9 Å². The first-order valence-corrected chi connectivity index (χ1v) is 15.5. The zero-order valence-corrected chi connectivity index (χ0v) is 26.4. The molecule has 4 rings (SSSR count). The highest BCUT2D eigenvalue weighted by atomic mass is 35.5. The molecule has 2 aromatic rings. The van der Waals surface area contributed by atoms with Crippen molar-refractivity contribution in [2.45, 2.75) is 17.2 Å². The van der Waals surface area contributed by atoms with E-state index >= 15 is 0 Å². The van der Waals surface area contributed by atoms with Crippen molar-refractivity contribution in [2.24, 2.45) is 10.9 Å². The van der Waals surface area contributed by atoms with Crippen molar-refractivity contribution in [3.05, 3.63) is 74.4 Å². The third-order valence-electron chi connectivity index (χ3n) is 7.30. The maximum absolute atomic E-state index is 13.6. The van der Waals surface area contributed by atoms with Crippen molar-refractivity contribution in [3.8, 4) is 0 Å². The van der Waals surface area contributed by atoms with Crippen LogP contribution in [0.2, 0.25) is 15.1 Å². The van der Waals surface area contributed by atoms with Gasteiger partial charge in [-0.2, -0.15) is 0 Å². The molecule has 2 heterocycles. The minimum Gasteiger partial charge on any atom is -0.468 e. The lowest BCUT2D eigenvalue weighted by molar-refractivity contribution is -0.143. The van der Waals surface area contributed by atoms with E-state index in [0.29, 0.717) is 31.1 Å². The fourth-order valence-electron chi connectivity index (χ4n) is 5.13. The van der Waals surface area contributed by atoms with Crippen LogP contribution in [0.3, 0.4) is 0 Å². The number of esters is 2. The standard InChI is InChI=1S/C29H30Cl3N3O6S/c1-34-11-13-35(14-12-34)23(36)15-20-25(28(37)40-2)27(24-18(31)8-6-9-19(24)32)26(29(38)41-3)21(33-20)16-42(39)22-10-5-4-7-17(22)30/h4-10,25,27H,11-16H2,1-3H3. The fourth-order valence-corrected chi connectivity index (χ4v) is 7.29. The van der Waals surface area contributed by atoms with Crippen molar-refractivity contribution in [3.63, 3.8) is 0 Å². The van der Waals surface area contributed by atoms with Gasteiger partial charge in [0, 0.05) is 47.9 Å². The number of benzene rings is 2. The van der Waals surface area contributed by atoms with Gasteiger partial charge in [-0.15, -0.1) is 0 Å². The van der Waals surface area contributed by atoms with Gasteiger partial charge in [-0.1, -0.05) is 53.0 Å². The summed E-state index contributed by atoms with van der Waals surface area (Å²) in [6.45, 7) is 2.42. The monoisotopic (exact) mass is 653 g/mol. The zero-order chi connectivity index (χ0) is 30.6. The summed E-state index contributed by atoms with van der Waals surface area (Å²) < 4.78 is 23.9. The van der Waals surface area contributed by atoms with Crippen molar-refractivity contribution in [2.75, 3.05) is 53.2 Å². The molecule has 0 aromatic heterocycles. The van der Waals surface area contributed by atoms with E-state index in [1.165, 1.54) is 14.2 Å². The maximum Gasteiger partial charge on any atom is 0.336 e. The second-order valence-corrected chi connectivity index (χ2v) is 12.5. The zero-order valence-electron chi connectivity index (χ0n) is 23.3. The van der Waals surface area contributed by atoms with Gasteiger partial charge in [0.1, 0.15) is 5.92 Å². The van der Waals surface area contributed by atoms with Crippen LogP contribution in [0.1, 0.15) is 17.9 Å². The van der Waals surface area contributed by atoms with E-state index in [9.17, 15) is 18.6 Å². The predicted molar refractivity (Wildman–Crippen MR) is 163 cm³/mol. The summed E-state index contributed by atoms with van der Waals surface area (Å²) in [5.74, 6) is -4.44. The fraction of sp³-hybridized carbons (Fsp3) is 0.379. The molecule has 224 valence electrons. The van der Waals surface area contributed by atoms with Gasteiger partial charge in [-0.25, -0.2) is 4.79 Å². The number of methoxy groups -OCH3 is 2. The average Bonchev–Trinajstić information content (AvgIpc) is 2.96. The number of rotatable bonds is 8. The number of hydrogen-bond donors (Lipinski definition) is 0. The third kappa shape index (κ3) is 6.89. The molecule has 0 bridgehead atoms. The van der Waals surface area contributed by atoms with Crippen LogP contribution in [-0.2, 0) is 34.7 Å².